The number of carbonyl (C=O) groups is 5. The Balaban J connectivity index is 1.27. The molecule has 4 heterocycles. The van der Waals surface area contributed by atoms with Gasteiger partial charge in [-0.2, -0.15) is 0 Å². The predicted octanol–water partition coefficient (Wildman–Crippen LogP) is 0.827. The maximum absolute atomic E-state index is 12.8. The molecule has 0 saturated heterocycles. The summed E-state index contributed by atoms with van der Waals surface area (Å²) in [5, 5.41) is 10.7. The highest BCUT2D eigenvalue weighted by molar-refractivity contribution is 5.96. The van der Waals surface area contributed by atoms with Gasteiger partial charge in [0.15, 0.2) is 23.7 Å². The molecule has 0 unspecified atom stereocenters. The Bertz CT molecular complexity index is 1640. The molecule has 4 aromatic rings. The van der Waals surface area contributed by atoms with Crippen molar-refractivity contribution < 1.29 is 24.0 Å². The molecular weight excluding hydrogens is 544 g/mol. The summed E-state index contributed by atoms with van der Waals surface area (Å²) < 4.78 is 6.55. The normalized spacial score (nSPS) is 10.8. The number of imidazole rings is 2. The molecule has 0 spiro atoms. The summed E-state index contributed by atoms with van der Waals surface area (Å²) in [6.07, 6.45) is 7.34. The first kappa shape index (κ1) is 29.5. The molecular formula is C27H32N10O5. The minimum atomic E-state index is -0.377. The largest absolute Gasteiger partial charge is 0.350 e. The molecule has 0 aromatic carbocycles. The van der Waals surface area contributed by atoms with Crippen LogP contribution in [0.15, 0.2) is 43.0 Å². The van der Waals surface area contributed by atoms with Crippen LogP contribution in [0.2, 0.25) is 0 Å². The number of aryl methyl sites for hydroxylation is 4. The minimum absolute atomic E-state index is 0.00818. The van der Waals surface area contributed by atoms with Crippen molar-refractivity contribution >= 4 is 41.6 Å². The van der Waals surface area contributed by atoms with Gasteiger partial charge in [0.25, 0.3) is 11.8 Å². The predicted molar refractivity (Wildman–Crippen MR) is 153 cm³/mol. The number of nitrogens with zero attached hydrogens (tertiary/aromatic N) is 6. The summed E-state index contributed by atoms with van der Waals surface area (Å²) >= 11 is 0. The Labute approximate surface area is 240 Å². The molecule has 4 aromatic heterocycles. The molecule has 0 bridgehead atoms. The van der Waals surface area contributed by atoms with Gasteiger partial charge in [-0.25, -0.2) is 9.97 Å². The highest BCUT2D eigenvalue weighted by atomic mass is 16.2. The van der Waals surface area contributed by atoms with Crippen LogP contribution in [0.4, 0.5) is 11.6 Å². The summed E-state index contributed by atoms with van der Waals surface area (Å²) in [5.74, 6) is -0.00960. The van der Waals surface area contributed by atoms with Gasteiger partial charge >= 0.3 is 0 Å². The lowest BCUT2D eigenvalue weighted by molar-refractivity contribution is -0.116. The number of hydrogen-bond donors (Lipinski definition) is 4. The number of aromatic nitrogens is 6. The lowest BCUT2D eigenvalue weighted by Gasteiger charge is -2.06. The molecule has 4 N–H and O–H groups in total. The van der Waals surface area contributed by atoms with Crippen molar-refractivity contribution in [2.75, 3.05) is 23.7 Å². The summed E-state index contributed by atoms with van der Waals surface area (Å²) in [4.78, 5) is 68.9. The Morgan fingerprint density at radius 3 is 1.93 bits per heavy atom. The summed E-state index contributed by atoms with van der Waals surface area (Å²) in [7, 11) is 6.89. The van der Waals surface area contributed by atoms with E-state index in [2.05, 4.69) is 31.2 Å². The van der Waals surface area contributed by atoms with E-state index in [0.29, 0.717) is 34.9 Å². The molecule has 0 radical (unpaired) electrons. The van der Waals surface area contributed by atoms with E-state index < -0.39 is 0 Å². The van der Waals surface area contributed by atoms with Crippen LogP contribution in [-0.4, -0.2) is 71.2 Å². The maximum Gasteiger partial charge on any atom is 0.267 e. The zero-order valence-corrected chi connectivity index (χ0v) is 23.7. The SMILES string of the molecule is Cn1cc(-c2nc(NC(=O)CCNC(=O)c3cccn3C)cn2C)cc1C(=O)NCCC(=O)Nc1cn(C)c(C=O)n1. The highest BCUT2D eigenvalue weighted by Crippen LogP contribution is 2.23. The fourth-order valence-corrected chi connectivity index (χ4v) is 4.23. The van der Waals surface area contributed by atoms with Crippen molar-refractivity contribution in [2.45, 2.75) is 12.8 Å². The third-order valence-electron chi connectivity index (χ3n) is 6.38. The van der Waals surface area contributed by atoms with Crippen molar-refractivity contribution in [1.29, 1.82) is 0 Å². The Kier molecular flexibility index (Phi) is 8.99. The molecule has 15 heteroatoms. The van der Waals surface area contributed by atoms with Gasteiger partial charge in [0.05, 0.1) is 0 Å². The highest BCUT2D eigenvalue weighted by Gasteiger charge is 2.17. The number of rotatable bonds is 12. The first-order valence-corrected chi connectivity index (χ1v) is 13.0. The zero-order valence-electron chi connectivity index (χ0n) is 23.7. The monoisotopic (exact) mass is 576 g/mol. The molecule has 0 fully saturated rings. The van der Waals surface area contributed by atoms with Crippen molar-refractivity contribution in [2.24, 2.45) is 28.2 Å². The van der Waals surface area contributed by atoms with Gasteiger partial charge in [0.2, 0.25) is 11.8 Å². The van der Waals surface area contributed by atoms with Crippen LogP contribution in [0.25, 0.3) is 11.4 Å². The fourth-order valence-electron chi connectivity index (χ4n) is 4.23. The summed E-state index contributed by atoms with van der Waals surface area (Å²) in [6.45, 7) is 0.251. The quantitative estimate of drug-likeness (QED) is 0.180. The van der Waals surface area contributed by atoms with Crippen molar-refractivity contribution in [3.8, 4) is 11.4 Å². The zero-order chi connectivity index (χ0) is 30.4. The number of carbonyl (C=O) groups excluding carboxylic acids is 5. The van der Waals surface area contributed by atoms with Gasteiger partial charge in [-0.15, -0.1) is 0 Å². The Hall–Kier alpha value is -5.47. The number of hydrogen-bond acceptors (Lipinski definition) is 7. The van der Waals surface area contributed by atoms with E-state index in [1.807, 2.05) is 0 Å². The topological polar surface area (TPSA) is 179 Å². The molecule has 42 heavy (non-hydrogen) atoms. The number of aldehydes is 1. The van der Waals surface area contributed by atoms with Crippen LogP contribution in [-0.2, 0) is 37.8 Å². The lowest BCUT2D eigenvalue weighted by Crippen LogP contribution is -2.29. The average Bonchev–Trinajstić information content (AvgIpc) is 3.70. The number of amides is 4. The van der Waals surface area contributed by atoms with Crippen LogP contribution in [0.3, 0.4) is 0 Å². The third-order valence-corrected chi connectivity index (χ3v) is 6.38. The van der Waals surface area contributed by atoms with E-state index in [4.69, 9.17) is 0 Å². The van der Waals surface area contributed by atoms with Gasteiger partial charge in [0, 0.05) is 84.5 Å². The van der Waals surface area contributed by atoms with Crippen LogP contribution in [0.5, 0.6) is 0 Å². The van der Waals surface area contributed by atoms with Crippen molar-refractivity contribution in [3.63, 3.8) is 0 Å². The molecule has 4 rings (SSSR count). The standard InChI is InChI=1S/C27H32N10O5/c1-34-11-5-6-18(34)26(41)28-9-7-24(40)32-21-15-37(4)25(33-21)17-12-19(35(2)13-17)27(42)29-10-8-23(39)31-20-14-36(3)22(16-38)30-20/h5-6,11-16H,7-10H2,1-4H3,(H,28,41)(H,29,42)(H,31,39)(H,32,40). The van der Waals surface area contributed by atoms with Crippen LogP contribution in [0, 0.1) is 0 Å². The smallest absolute Gasteiger partial charge is 0.267 e. The minimum Gasteiger partial charge on any atom is -0.350 e. The van der Waals surface area contributed by atoms with Crippen LogP contribution >= 0.6 is 0 Å². The lowest BCUT2D eigenvalue weighted by atomic mass is 10.3. The first-order chi connectivity index (χ1) is 20.0. The van der Waals surface area contributed by atoms with Crippen molar-refractivity contribution in [3.05, 3.63) is 60.2 Å². The second kappa shape index (κ2) is 12.8. The van der Waals surface area contributed by atoms with Crippen LogP contribution < -0.4 is 21.3 Å². The molecule has 0 atom stereocenters. The number of anilines is 2. The average molecular weight is 577 g/mol. The summed E-state index contributed by atoms with van der Waals surface area (Å²) in [5.41, 5.74) is 1.51. The van der Waals surface area contributed by atoms with E-state index in [0.717, 1.165) is 0 Å². The molecule has 4 amide bonds. The Morgan fingerprint density at radius 1 is 0.762 bits per heavy atom. The van der Waals surface area contributed by atoms with E-state index in [9.17, 15) is 24.0 Å². The number of nitrogens with one attached hydrogen (secondary N) is 4. The maximum atomic E-state index is 12.8. The molecule has 220 valence electrons. The van der Waals surface area contributed by atoms with E-state index >= 15 is 0 Å². The molecule has 0 saturated carbocycles. The van der Waals surface area contributed by atoms with Gasteiger partial charge in [-0.05, 0) is 18.2 Å². The first-order valence-electron chi connectivity index (χ1n) is 13.0. The van der Waals surface area contributed by atoms with Crippen LogP contribution in [0.1, 0.15) is 44.4 Å². The molecule has 0 aliphatic carbocycles. The summed E-state index contributed by atoms with van der Waals surface area (Å²) in [6, 6.07) is 5.12. The molecule has 0 aliphatic heterocycles. The third kappa shape index (κ3) is 6.99. The Morgan fingerprint density at radius 2 is 1.36 bits per heavy atom. The van der Waals surface area contributed by atoms with Crippen molar-refractivity contribution in [1.82, 2.24) is 38.9 Å². The van der Waals surface area contributed by atoms with Gasteiger partial charge in [-0.1, -0.05) is 0 Å². The molecule has 0 aliphatic rings. The van der Waals surface area contributed by atoms with E-state index in [1.54, 1.807) is 78.7 Å². The van der Waals surface area contributed by atoms with E-state index in [-0.39, 0.29) is 61.2 Å². The second-order valence-corrected chi connectivity index (χ2v) is 9.61. The van der Waals surface area contributed by atoms with E-state index in [1.165, 1.54) is 10.8 Å². The van der Waals surface area contributed by atoms with Gasteiger partial charge in [0.1, 0.15) is 17.2 Å². The van der Waals surface area contributed by atoms with Gasteiger partial charge < -0.3 is 39.5 Å². The second-order valence-electron chi connectivity index (χ2n) is 9.61. The molecule has 15 nitrogen and oxygen atoms in total. The fraction of sp³-hybridized carbons (Fsp3) is 0.296. The van der Waals surface area contributed by atoms with Gasteiger partial charge in [-0.3, -0.25) is 24.0 Å².